The van der Waals surface area contributed by atoms with Gasteiger partial charge >= 0.3 is 17.9 Å². The Hall–Kier alpha value is -3.75. The monoisotopic (exact) mass is 714 g/mol. The summed E-state index contributed by atoms with van der Waals surface area (Å²) in [4.78, 5) is 40.1. The van der Waals surface area contributed by atoms with Crippen LogP contribution < -0.4 is 0 Å². The van der Waals surface area contributed by atoms with Crippen molar-refractivity contribution in [3.8, 4) is 0 Å². The number of carbonyl (C=O) groups is 3. The van der Waals surface area contributed by atoms with E-state index in [1.54, 1.807) is 39.6 Å². The fraction of sp³-hybridized carbons (Fsp3) is 0.643. The van der Waals surface area contributed by atoms with E-state index in [1.165, 1.54) is 34.9 Å². The van der Waals surface area contributed by atoms with E-state index in [4.69, 9.17) is 28.4 Å². The van der Waals surface area contributed by atoms with E-state index in [9.17, 15) is 14.4 Å². The van der Waals surface area contributed by atoms with E-state index >= 15 is 0 Å². The summed E-state index contributed by atoms with van der Waals surface area (Å²) in [6, 6.07) is 4.14. The minimum atomic E-state index is -0.783. The third kappa shape index (κ3) is 18.9. The molecular weight excluding hydrogens is 648 g/mol. The molecule has 288 valence electrons. The van der Waals surface area contributed by atoms with Crippen molar-refractivity contribution in [1.29, 1.82) is 0 Å². The molecular formula is C42H66O9. The Kier molecular flexibility index (Phi) is 23.9. The van der Waals surface area contributed by atoms with E-state index in [0.717, 1.165) is 77.0 Å². The predicted molar refractivity (Wildman–Crippen MR) is 203 cm³/mol. The number of esters is 3. The van der Waals surface area contributed by atoms with Gasteiger partial charge in [-0.1, -0.05) is 60.8 Å². The highest BCUT2D eigenvalue weighted by atomic mass is 16.6. The zero-order chi connectivity index (χ0) is 38.0. The minimum Gasteiger partial charge on any atom is -0.497 e. The van der Waals surface area contributed by atoms with E-state index < -0.39 is 36.2 Å². The molecule has 0 radical (unpaired) electrons. The number of hydrogen-bond acceptors (Lipinski definition) is 9. The molecule has 0 aromatic heterocycles. The zero-order valence-corrected chi connectivity index (χ0v) is 33.0. The van der Waals surface area contributed by atoms with Crippen LogP contribution in [-0.4, -0.2) is 56.0 Å². The Labute approximate surface area is 308 Å². The molecule has 0 bridgehead atoms. The van der Waals surface area contributed by atoms with Crippen LogP contribution in [0.4, 0.5) is 0 Å². The van der Waals surface area contributed by atoms with Gasteiger partial charge in [0, 0.05) is 0 Å². The van der Waals surface area contributed by atoms with E-state index in [0.29, 0.717) is 0 Å². The Morgan fingerprint density at radius 2 is 0.882 bits per heavy atom. The molecule has 0 aliphatic carbocycles. The van der Waals surface area contributed by atoms with Gasteiger partial charge in [-0.25, -0.2) is 14.4 Å². The van der Waals surface area contributed by atoms with Crippen molar-refractivity contribution in [3.63, 3.8) is 0 Å². The molecule has 51 heavy (non-hydrogen) atoms. The van der Waals surface area contributed by atoms with Gasteiger partial charge in [-0.3, -0.25) is 0 Å². The van der Waals surface area contributed by atoms with E-state index in [-0.39, 0.29) is 36.5 Å². The predicted octanol–water partition coefficient (Wildman–Crippen LogP) is 10.8. The molecule has 0 aliphatic rings. The molecule has 0 aliphatic heterocycles. The first-order chi connectivity index (χ1) is 24.5. The summed E-state index contributed by atoms with van der Waals surface area (Å²) >= 11 is 0. The normalized spacial score (nSPS) is 13.9. The summed E-state index contributed by atoms with van der Waals surface area (Å²) < 4.78 is 34.1. The number of rotatable bonds is 27. The van der Waals surface area contributed by atoms with Crippen LogP contribution in [-0.2, 0) is 28.4 Å². The molecule has 0 heterocycles. The summed E-state index contributed by atoms with van der Waals surface area (Å²) in [6.07, 6.45) is 15.5. The first-order valence-corrected chi connectivity index (χ1v) is 19.2. The Balaban J connectivity index is 3.13. The van der Waals surface area contributed by atoms with Crippen LogP contribution in [0.25, 0.3) is 0 Å². The van der Waals surface area contributed by atoms with Crippen LogP contribution in [0.3, 0.4) is 0 Å². The fourth-order valence-electron chi connectivity index (χ4n) is 4.94. The third-order valence-electron chi connectivity index (χ3n) is 8.28. The first-order valence-electron chi connectivity index (χ1n) is 19.2. The quantitative estimate of drug-likeness (QED) is 0.0500. The summed E-state index contributed by atoms with van der Waals surface area (Å²) in [5, 5.41) is 0. The van der Waals surface area contributed by atoms with Gasteiger partial charge in [0.25, 0.3) is 0 Å². The number of ether oxygens (including phenoxy) is 6. The fourth-order valence-corrected chi connectivity index (χ4v) is 4.94. The number of benzene rings is 1. The maximum Gasteiger partial charge on any atom is 0.339 e. The van der Waals surface area contributed by atoms with E-state index in [1.807, 2.05) is 0 Å². The average molecular weight is 715 g/mol. The Morgan fingerprint density at radius 1 is 0.529 bits per heavy atom. The molecule has 1 rings (SSSR count). The minimum absolute atomic E-state index is 0.0299. The van der Waals surface area contributed by atoms with Crippen LogP contribution >= 0.6 is 0 Å². The van der Waals surface area contributed by atoms with Gasteiger partial charge in [-0.15, -0.1) is 0 Å². The second-order valence-electron chi connectivity index (χ2n) is 13.1. The van der Waals surface area contributed by atoms with Crippen LogP contribution in [0.5, 0.6) is 0 Å². The maximum atomic E-state index is 13.5. The lowest BCUT2D eigenvalue weighted by Crippen LogP contribution is -2.25. The maximum absolute atomic E-state index is 13.5. The van der Waals surface area contributed by atoms with Gasteiger partial charge in [-0.2, -0.15) is 0 Å². The molecule has 0 amide bonds. The topological polar surface area (TPSA) is 107 Å². The molecule has 0 fully saturated rings. The van der Waals surface area contributed by atoms with Crippen LogP contribution in [0.1, 0.15) is 170 Å². The van der Waals surface area contributed by atoms with Gasteiger partial charge in [0.15, 0.2) is 0 Å². The van der Waals surface area contributed by atoms with Crippen molar-refractivity contribution in [3.05, 3.63) is 70.4 Å². The van der Waals surface area contributed by atoms with Crippen molar-refractivity contribution in [2.24, 2.45) is 0 Å². The molecule has 0 N–H and O–H groups in total. The lowest BCUT2D eigenvalue weighted by molar-refractivity contribution is 0.0126. The SMILES string of the molecule is CCCCC(=COCC(C)OC(=O)c1ccc(C(=O)OC(C)COC=C(CC)CCCC)c(C(=O)OC(C)COC=C(CC)CCCC)c1)CC. The van der Waals surface area contributed by atoms with Gasteiger partial charge in [0.2, 0.25) is 0 Å². The second kappa shape index (κ2) is 27.0. The number of carbonyl (C=O) groups excluding carboxylic acids is 3. The molecule has 0 spiro atoms. The lowest BCUT2D eigenvalue weighted by Gasteiger charge is -2.18. The van der Waals surface area contributed by atoms with Gasteiger partial charge < -0.3 is 28.4 Å². The molecule has 9 nitrogen and oxygen atoms in total. The lowest BCUT2D eigenvalue weighted by atomic mass is 10.0. The highest BCUT2D eigenvalue weighted by molar-refractivity contribution is 6.05. The van der Waals surface area contributed by atoms with Crippen molar-refractivity contribution in [2.45, 2.75) is 158 Å². The van der Waals surface area contributed by atoms with Gasteiger partial charge in [-0.05, 0) is 113 Å². The summed E-state index contributed by atoms with van der Waals surface area (Å²) in [5.41, 5.74) is 3.54. The molecule has 9 heteroatoms. The molecule has 1 aromatic rings. The van der Waals surface area contributed by atoms with Crippen molar-refractivity contribution < 1.29 is 42.8 Å². The standard InChI is InChI=1S/C42H66O9/c1-10-16-19-34(13-4)28-46-25-31(7)49-40(43)37-22-23-38(41(44)50-32(8)26-47-29-35(14-5)20-17-11-2)39(24-37)42(45)51-33(9)27-48-30-36(15-6)21-18-12-3/h22-24,28-33H,10-21,25-27H2,1-9H3. The molecule has 3 unspecified atom stereocenters. The smallest absolute Gasteiger partial charge is 0.339 e. The summed E-state index contributed by atoms with van der Waals surface area (Å²) in [7, 11) is 0. The largest absolute Gasteiger partial charge is 0.497 e. The van der Waals surface area contributed by atoms with Gasteiger partial charge in [0.1, 0.15) is 38.1 Å². The molecule has 0 saturated carbocycles. The highest BCUT2D eigenvalue weighted by Gasteiger charge is 2.25. The molecule has 3 atom stereocenters. The number of allylic oxidation sites excluding steroid dienone is 3. The third-order valence-corrected chi connectivity index (χ3v) is 8.28. The Bertz CT molecular complexity index is 1260. The highest BCUT2D eigenvalue weighted by Crippen LogP contribution is 2.20. The van der Waals surface area contributed by atoms with Crippen molar-refractivity contribution in [2.75, 3.05) is 19.8 Å². The van der Waals surface area contributed by atoms with Gasteiger partial charge in [0.05, 0.1) is 35.5 Å². The van der Waals surface area contributed by atoms with Crippen molar-refractivity contribution in [1.82, 2.24) is 0 Å². The number of unbranched alkanes of at least 4 members (excludes halogenated alkanes) is 3. The van der Waals surface area contributed by atoms with Crippen LogP contribution in [0, 0.1) is 0 Å². The first kappa shape index (κ1) is 45.3. The van der Waals surface area contributed by atoms with Crippen LogP contribution in [0.15, 0.2) is 53.7 Å². The van der Waals surface area contributed by atoms with Crippen molar-refractivity contribution >= 4 is 17.9 Å². The summed E-state index contributed by atoms with van der Waals surface area (Å²) in [6.45, 7) is 18.3. The average Bonchev–Trinajstić information content (AvgIpc) is 3.12. The molecule has 0 saturated heterocycles. The number of hydrogen-bond donors (Lipinski definition) is 0. The van der Waals surface area contributed by atoms with E-state index in [2.05, 4.69) is 41.5 Å². The zero-order valence-electron chi connectivity index (χ0n) is 33.0. The summed E-state index contributed by atoms with van der Waals surface area (Å²) in [5.74, 6) is -2.17. The Morgan fingerprint density at radius 3 is 1.24 bits per heavy atom. The second-order valence-corrected chi connectivity index (χ2v) is 13.1. The molecule has 1 aromatic carbocycles. The van der Waals surface area contributed by atoms with Crippen LogP contribution in [0.2, 0.25) is 0 Å².